The Kier molecular flexibility index (Phi) is 4.26. The monoisotopic (exact) mass is 227 g/mol. The second-order valence-electron chi connectivity index (χ2n) is 4.83. The Morgan fingerprint density at radius 1 is 1.24 bits per heavy atom. The third-order valence-electron chi connectivity index (χ3n) is 2.69. The first-order chi connectivity index (χ1) is 7.98. The molecular formula is C14H17N3. The summed E-state index contributed by atoms with van der Waals surface area (Å²) in [5, 5.41) is 20.9. The van der Waals surface area contributed by atoms with Crippen LogP contribution in [-0.2, 0) is 0 Å². The fourth-order valence-corrected chi connectivity index (χ4v) is 1.41. The van der Waals surface area contributed by atoms with Gasteiger partial charge in [0.2, 0.25) is 0 Å². The Bertz CT molecular complexity index is 446. The van der Waals surface area contributed by atoms with Crippen LogP contribution in [0, 0.1) is 28.1 Å². The summed E-state index contributed by atoms with van der Waals surface area (Å²) in [6.07, 6.45) is 0. The van der Waals surface area contributed by atoms with Gasteiger partial charge in [-0.05, 0) is 38.5 Å². The highest BCUT2D eigenvalue weighted by molar-refractivity contribution is 5.32. The predicted octanol–water partition coefficient (Wildman–Crippen LogP) is 2.76. The largest absolute Gasteiger partial charge is 0.309 e. The summed E-state index contributed by atoms with van der Waals surface area (Å²) in [6.45, 7) is 6.51. The fourth-order valence-electron chi connectivity index (χ4n) is 1.41. The van der Waals surface area contributed by atoms with Crippen molar-refractivity contribution in [1.29, 1.82) is 10.5 Å². The molecule has 1 unspecified atom stereocenters. The lowest BCUT2D eigenvalue weighted by Crippen LogP contribution is -2.30. The highest BCUT2D eigenvalue weighted by Crippen LogP contribution is 2.16. The van der Waals surface area contributed by atoms with E-state index in [0.717, 1.165) is 5.56 Å². The Labute approximate surface area is 103 Å². The van der Waals surface area contributed by atoms with E-state index in [0.29, 0.717) is 12.1 Å². The van der Waals surface area contributed by atoms with Gasteiger partial charge in [0.15, 0.2) is 0 Å². The SMILES string of the molecule is CC(NCC(C)(C)C#N)c1ccc(C#N)cc1. The van der Waals surface area contributed by atoms with E-state index >= 15 is 0 Å². The predicted molar refractivity (Wildman–Crippen MR) is 67.0 cm³/mol. The molecule has 0 amide bonds. The summed E-state index contributed by atoms with van der Waals surface area (Å²) >= 11 is 0. The normalized spacial score (nSPS) is 12.5. The van der Waals surface area contributed by atoms with Crippen molar-refractivity contribution in [3.63, 3.8) is 0 Å². The third kappa shape index (κ3) is 3.90. The molecule has 88 valence electrons. The Morgan fingerprint density at radius 2 is 1.82 bits per heavy atom. The van der Waals surface area contributed by atoms with Gasteiger partial charge in [-0.2, -0.15) is 10.5 Å². The van der Waals surface area contributed by atoms with Gasteiger partial charge >= 0.3 is 0 Å². The van der Waals surface area contributed by atoms with Crippen molar-refractivity contribution in [3.8, 4) is 12.1 Å². The Morgan fingerprint density at radius 3 is 2.29 bits per heavy atom. The molecule has 0 aliphatic carbocycles. The number of nitriles is 2. The molecule has 0 saturated heterocycles. The van der Waals surface area contributed by atoms with Crippen molar-refractivity contribution in [3.05, 3.63) is 35.4 Å². The number of hydrogen-bond acceptors (Lipinski definition) is 3. The third-order valence-corrected chi connectivity index (χ3v) is 2.69. The number of benzene rings is 1. The van der Waals surface area contributed by atoms with Crippen LogP contribution in [0.2, 0.25) is 0 Å². The molecule has 1 atom stereocenters. The minimum atomic E-state index is -0.360. The molecule has 0 aliphatic rings. The first kappa shape index (κ1) is 13.2. The number of hydrogen-bond donors (Lipinski definition) is 1. The highest BCUT2D eigenvalue weighted by atomic mass is 14.9. The van der Waals surface area contributed by atoms with Crippen molar-refractivity contribution >= 4 is 0 Å². The molecule has 1 aromatic rings. The minimum absolute atomic E-state index is 0.176. The van der Waals surface area contributed by atoms with Crippen molar-refractivity contribution in [2.24, 2.45) is 5.41 Å². The van der Waals surface area contributed by atoms with Crippen molar-refractivity contribution in [2.75, 3.05) is 6.54 Å². The first-order valence-electron chi connectivity index (χ1n) is 5.63. The molecule has 1 N–H and O–H groups in total. The van der Waals surface area contributed by atoms with Gasteiger partial charge in [-0.3, -0.25) is 0 Å². The van der Waals surface area contributed by atoms with E-state index in [1.807, 2.05) is 38.1 Å². The summed E-state index contributed by atoms with van der Waals surface area (Å²) in [6, 6.07) is 12.0. The summed E-state index contributed by atoms with van der Waals surface area (Å²) < 4.78 is 0. The molecule has 3 heteroatoms. The van der Waals surface area contributed by atoms with Crippen LogP contribution in [0.3, 0.4) is 0 Å². The molecule has 0 fully saturated rings. The zero-order valence-corrected chi connectivity index (χ0v) is 10.5. The second-order valence-corrected chi connectivity index (χ2v) is 4.83. The Balaban J connectivity index is 2.62. The lowest BCUT2D eigenvalue weighted by Gasteiger charge is -2.20. The molecule has 1 rings (SSSR count). The van der Waals surface area contributed by atoms with Gasteiger partial charge in [0, 0.05) is 12.6 Å². The standard InChI is InChI=1S/C14H17N3/c1-11(17-10-14(2,3)9-16)13-6-4-12(8-15)5-7-13/h4-7,11,17H,10H2,1-3H3. The fraction of sp³-hybridized carbons (Fsp3) is 0.429. The molecular weight excluding hydrogens is 210 g/mol. The highest BCUT2D eigenvalue weighted by Gasteiger charge is 2.17. The van der Waals surface area contributed by atoms with Gasteiger partial charge in [0.1, 0.15) is 0 Å². The van der Waals surface area contributed by atoms with Crippen LogP contribution in [0.4, 0.5) is 0 Å². The summed E-state index contributed by atoms with van der Waals surface area (Å²) in [5.74, 6) is 0. The number of nitrogens with zero attached hydrogens (tertiary/aromatic N) is 2. The van der Waals surface area contributed by atoms with Crippen LogP contribution < -0.4 is 5.32 Å². The molecule has 0 spiro atoms. The second kappa shape index (κ2) is 5.48. The van der Waals surface area contributed by atoms with E-state index in [4.69, 9.17) is 10.5 Å². The van der Waals surface area contributed by atoms with Gasteiger partial charge in [-0.25, -0.2) is 0 Å². The summed E-state index contributed by atoms with van der Waals surface area (Å²) in [7, 11) is 0. The Hall–Kier alpha value is -1.84. The first-order valence-corrected chi connectivity index (χ1v) is 5.63. The van der Waals surface area contributed by atoms with Gasteiger partial charge in [0.05, 0.1) is 23.1 Å². The van der Waals surface area contributed by atoms with Crippen LogP contribution in [-0.4, -0.2) is 6.54 Å². The molecule has 0 radical (unpaired) electrons. The number of rotatable bonds is 4. The maximum atomic E-state index is 8.92. The topological polar surface area (TPSA) is 59.6 Å². The van der Waals surface area contributed by atoms with Gasteiger partial charge in [-0.15, -0.1) is 0 Å². The van der Waals surface area contributed by atoms with Crippen LogP contribution >= 0.6 is 0 Å². The molecule has 0 aromatic heterocycles. The molecule has 0 bridgehead atoms. The minimum Gasteiger partial charge on any atom is -0.309 e. The van der Waals surface area contributed by atoms with Crippen LogP contribution in [0.15, 0.2) is 24.3 Å². The molecule has 17 heavy (non-hydrogen) atoms. The van der Waals surface area contributed by atoms with Crippen LogP contribution in [0.25, 0.3) is 0 Å². The summed E-state index contributed by atoms with van der Waals surface area (Å²) in [4.78, 5) is 0. The van der Waals surface area contributed by atoms with Crippen LogP contribution in [0.5, 0.6) is 0 Å². The zero-order valence-electron chi connectivity index (χ0n) is 10.5. The molecule has 1 aromatic carbocycles. The number of nitrogens with one attached hydrogen (secondary N) is 1. The zero-order chi connectivity index (χ0) is 12.9. The van der Waals surface area contributed by atoms with Crippen LogP contribution in [0.1, 0.15) is 37.9 Å². The molecule has 0 heterocycles. The van der Waals surface area contributed by atoms with Crippen molar-refractivity contribution in [1.82, 2.24) is 5.32 Å². The van der Waals surface area contributed by atoms with E-state index in [-0.39, 0.29) is 11.5 Å². The lowest BCUT2D eigenvalue weighted by atomic mass is 9.95. The van der Waals surface area contributed by atoms with Crippen molar-refractivity contribution < 1.29 is 0 Å². The average molecular weight is 227 g/mol. The summed E-state index contributed by atoms with van der Waals surface area (Å²) in [5.41, 5.74) is 1.43. The van der Waals surface area contributed by atoms with Crippen molar-refractivity contribution in [2.45, 2.75) is 26.8 Å². The molecule has 0 saturated carbocycles. The van der Waals surface area contributed by atoms with Gasteiger partial charge < -0.3 is 5.32 Å². The maximum Gasteiger partial charge on any atom is 0.0991 e. The van der Waals surface area contributed by atoms with E-state index < -0.39 is 0 Å². The van der Waals surface area contributed by atoms with Gasteiger partial charge in [0.25, 0.3) is 0 Å². The van der Waals surface area contributed by atoms with E-state index in [9.17, 15) is 0 Å². The van der Waals surface area contributed by atoms with Gasteiger partial charge in [-0.1, -0.05) is 12.1 Å². The average Bonchev–Trinajstić information content (AvgIpc) is 2.36. The maximum absolute atomic E-state index is 8.92. The quantitative estimate of drug-likeness (QED) is 0.860. The smallest absolute Gasteiger partial charge is 0.0991 e. The lowest BCUT2D eigenvalue weighted by molar-refractivity contribution is 0.415. The molecule has 3 nitrogen and oxygen atoms in total. The van der Waals surface area contributed by atoms with E-state index in [1.165, 1.54) is 0 Å². The van der Waals surface area contributed by atoms with E-state index in [1.54, 1.807) is 0 Å². The van der Waals surface area contributed by atoms with E-state index in [2.05, 4.69) is 24.4 Å². The molecule has 0 aliphatic heterocycles.